The fourth-order valence-electron chi connectivity index (χ4n) is 8.66. The maximum Gasteiger partial charge on any atom is 0.347 e. The number of methoxy groups -OCH3 is 2. The lowest BCUT2D eigenvalue weighted by Crippen LogP contribution is -2.56. The fourth-order valence-corrected chi connectivity index (χ4v) is 9.40. The van der Waals surface area contributed by atoms with Crippen molar-refractivity contribution in [2.45, 2.75) is 116 Å². The molecule has 0 aliphatic carbocycles. The standard InChI is InChI=1S/C43H73N10O9P/c1-11-30(4)39(50(8)42(57)38(29(2)3)47-43(49(6)7)52-25-23-51(24-26-52)36(54)20-15-21-45-48-44)34(61-9)28-37(55)53-22-16-19-33(53)40(62-10)31(5)41(56)46-35(63(58,59)60)27-32-17-13-12-14-18-32/h12-14,17-18,29-31,33-35,38-40H,11,15-16,19-28H2,1-10H3,(H,46,56)(H2,58,59,60)/t30?,31?,33-,34?,35?,38?,39?,40?/m0/s1. The Bertz CT molecular complexity index is 1770. The van der Waals surface area contributed by atoms with Gasteiger partial charge in [-0.15, -0.1) is 0 Å². The van der Waals surface area contributed by atoms with Crippen LogP contribution in [0, 0.1) is 17.8 Å². The molecule has 1 aromatic rings. The smallest absolute Gasteiger partial charge is 0.347 e. The predicted molar refractivity (Wildman–Crippen MR) is 241 cm³/mol. The monoisotopic (exact) mass is 905 g/mol. The Balaban J connectivity index is 1.79. The van der Waals surface area contributed by atoms with Gasteiger partial charge >= 0.3 is 7.60 Å². The number of hydrogen-bond acceptors (Lipinski definition) is 9. The third-order valence-electron chi connectivity index (χ3n) is 12.4. The van der Waals surface area contributed by atoms with Crippen molar-refractivity contribution in [2.24, 2.45) is 27.9 Å². The van der Waals surface area contributed by atoms with Crippen molar-refractivity contribution in [2.75, 3.05) is 74.6 Å². The van der Waals surface area contributed by atoms with Gasteiger partial charge in [0, 0.05) is 92.4 Å². The number of azide groups is 1. The molecule has 0 radical (unpaired) electrons. The summed E-state index contributed by atoms with van der Waals surface area (Å²) in [5.74, 6) is -2.93. The van der Waals surface area contributed by atoms with Gasteiger partial charge in [-0.3, -0.25) is 23.7 Å². The second-order valence-corrected chi connectivity index (χ2v) is 19.1. The number of nitrogens with zero attached hydrogens (tertiary/aromatic N) is 9. The number of nitrogens with one attached hydrogen (secondary N) is 1. The number of ether oxygens (including phenoxy) is 2. The highest BCUT2D eigenvalue weighted by Gasteiger charge is 2.44. The van der Waals surface area contributed by atoms with Crippen molar-refractivity contribution in [3.8, 4) is 0 Å². The van der Waals surface area contributed by atoms with Crippen LogP contribution >= 0.6 is 7.60 Å². The molecule has 3 rings (SSSR count). The molecule has 63 heavy (non-hydrogen) atoms. The molecule has 2 aliphatic heterocycles. The molecule has 2 heterocycles. The lowest BCUT2D eigenvalue weighted by Gasteiger charge is -2.41. The first-order valence-electron chi connectivity index (χ1n) is 22.1. The van der Waals surface area contributed by atoms with E-state index in [0.29, 0.717) is 76.4 Å². The van der Waals surface area contributed by atoms with Gasteiger partial charge in [-0.05, 0) is 42.2 Å². The van der Waals surface area contributed by atoms with Gasteiger partial charge in [0.25, 0.3) is 0 Å². The van der Waals surface area contributed by atoms with E-state index >= 15 is 0 Å². The maximum absolute atomic E-state index is 14.6. The zero-order valence-electron chi connectivity index (χ0n) is 39.0. The fraction of sp³-hybridized carbons (Fsp3) is 0.744. The van der Waals surface area contributed by atoms with Crippen LogP contribution in [0.15, 0.2) is 40.4 Å². The van der Waals surface area contributed by atoms with Crippen LogP contribution in [0.1, 0.15) is 78.7 Å². The molecular formula is C43H73N10O9P. The number of amides is 4. The Morgan fingerprint density at radius 2 is 1.60 bits per heavy atom. The molecule has 8 atom stereocenters. The Labute approximate surface area is 373 Å². The highest BCUT2D eigenvalue weighted by Crippen LogP contribution is 2.41. The second kappa shape index (κ2) is 25.3. The van der Waals surface area contributed by atoms with Gasteiger partial charge in [0.1, 0.15) is 11.8 Å². The van der Waals surface area contributed by atoms with E-state index in [1.807, 2.05) is 46.7 Å². The zero-order chi connectivity index (χ0) is 47.0. The molecule has 7 unspecified atom stereocenters. The van der Waals surface area contributed by atoms with Crippen molar-refractivity contribution in [3.63, 3.8) is 0 Å². The van der Waals surface area contributed by atoms with E-state index in [1.54, 1.807) is 59.0 Å². The van der Waals surface area contributed by atoms with E-state index in [-0.39, 0.29) is 48.9 Å². The summed E-state index contributed by atoms with van der Waals surface area (Å²) in [6.07, 6.45) is 1.17. The Morgan fingerprint density at radius 1 is 0.968 bits per heavy atom. The summed E-state index contributed by atoms with van der Waals surface area (Å²) in [5.41, 5.74) is 9.18. The number of benzene rings is 1. The minimum absolute atomic E-state index is 0.00915. The van der Waals surface area contributed by atoms with Crippen LogP contribution in [-0.4, -0.2) is 175 Å². The molecule has 0 spiro atoms. The third-order valence-corrected chi connectivity index (χ3v) is 13.5. The summed E-state index contributed by atoms with van der Waals surface area (Å²) in [5, 5.41) is 6.09. The topological polar surface area (TPSA) is 234 Å². The van der Waals surface area contributed by atoms with E-state index in [2.05, 4.69) is 20.2 Å². The average molecular weight is 905 g/mol. The normalized spacial score (nSPS) is 19.3. The average Bonchev–Trinajstić information content (AvgIpc) is 3.74. The van der Waals surface area contributed by atoms with Crippen LogP contribution in [0.2, 0.25) is 0 Å². The molecule has 19 nitrogen and oxygen atoms in total. The van der Waals surface area contributed by atoms with Gasteiger partial charge in [0.15, 0.2) is 5.96 Å². The van der Waals surface area contributed by atoms with Crippen molar-refractivity contribution < 1.29 is 43.0 Å². The molecule has 0 aromatic heterocycles. The van der Waals surface area contributed by atoms with E-state index < -0.39 is 55.5 Å². The van der Waals surface area contributed by atoms with Crippen molar-refractivity contribution in [3.05, 3.63) is 46.3 Å². The maximum atomic E-state index is 14.6. The van der Waals surface area contributed by atoms with E-state index in [4.69, 9.17) is 20.0 Å². The van der Waals surface area contributed by atoms with Crippen LogP contribution in [0.5, 0.6) is 0 Å². The number of carbonyl (C=O) groups is 4. The summed E-state index contributed by atoms with van der Waals surface area (Å²) in [6, 6.07) is 7.04. The number of carbonyl (C=O) groups excluding carboxylic acids is 4. The molecule has 2 aliphatic rings. The quantitative estimate of drug-likeness (QED) is 0.0287. The van der Waals surface area contributed by atoms with Crippen LogP contribution in [0.25, 0.3) is 10.4 Å². The van der Waals surface area contributed by atoms with Gasteiger partial charge < -0.3 is 49.1 Å². The first-order valence-corrected chi connectivity index (χ1v) is 23.8. The van der Waals surface area contributed by atoms with Crippen LogP contribution in [0.4, 0.5) is 0 Å². The summed E-state index contributed by atoms with van der Waals surface area (Å²) in [4.78, 5) is 92.7. The lowest BCUT2D eigenvalue weighted by molar-refractivity contribution is -0.146. The zero-order valence-corrected chi connectivity index (χ0v) is 39.9. The second-order valence-electron chi connectivity index (χ2n) is 17.3. The number of likely N-dealkylation sites (N-methyl/N-ethyl adjacent to an activating group) is 1. The Morgan fingerprint density at radius 3 is 2.14 bits per heavy atom. The van der Waals surface area contributed by atoms with E-state index in [9.17, 15) is 33.5 Å². The number of piperazine rings is 1. The van der Waals surface area contributed by atoms with Gasteiger partial charge in [0.05, 0.1) is 36.6 Å². The molecule has 2 saturated heterocycles. The number of likely N-dealkylation sites (tertiary alicyclic amines) is 1. The number of aliphatic imine (C=N–C) groups is 1. The van der Waals surface area contributed by atoms with Gasteiger partial charge in [-0.1, -0.05) is 76.5 Å². The molecule has 0 bridgehead atoms. The summed E-state index contributed by atoms with van der Waals surface area (Å²) in [7, 11) is 3.77. The third kappa shape index (κ3) is 14.9. The van der Waals surface area contributed by atoms with Crippen molar-refractivity contribution in [1.82, 2.24) is 29.8 Å². The Hall–Kier alpha value is -4.25. The molecular weight excluding hydrogens is 832 g/mol. The van der Waals surface area contributed by atoms with Gasteiger partial charge in [-0.25, -0.2) is 4.99 Å². The van der Waals surface area contributed by atoms with E-state index in [1.165, 1.54) is 14.2 Å². The highest BCUT2D eigenvalue weighted by molar-refractivity contribution is 7.52. The summed E-state index contributed by atoms with van der Waals surface area (Å²) >= 11 is 0. The van der Waals surface area contributed by atoms with Gasteiger partial charge in [-0.2, -0.15) is 0 Å². The Kier molecular flexibility index (Phi) is 21.3. The highest BCUT2D eigenvalue weighted by atomic mass is 31.2. The minimum Gasteiger partial charge on any atom is -0.379 e. The number of hydrogen-bond donors (Lipinski definition) is 3. The van der Waals surface area contributed by atoms with Crippen molar-refractivity contribution >= 4 is 37.2 Å². The lowest BCUT2D eigenvalue weighted by atomic mass is 9.89. The van der Waals surface area contributed by atoms with Crippen LogP contribution < -0.4 is 5.32 Å². The molecule has 1 aromatic carbocycles. The number of guanidine groups is 1. The van der Waals surface area contributed by atoms with Crippen molar-refractivity contribution in [1.29, 1.82) is 0 Å². The molecule has 354 valence electrons. The molecule has 0 saturated carbocycles. The van der Waals surface area contributed by atoms with Gasteiger partial charge in [0.2, 0.25) is 23.6 Å². The number of rotatable bonds is 22. The SMILES string of the molecule is CCC(C)C(C(CC(=O)N1CCC[C@H]1C(OC)C(C)C(=O)NC(Cc1ccccc1)P(=O)(O)O)OC)N(C)C(=O)C(N=C(N(C)C)N1CCN(C(=O)CCCN=[N+]=[N-])CC1)C(C)C. The minimum atomic E-state index is -4.73. The molecule has 3 N–H and O–H groups in total. The van der Waals surface area contributed by atoms with E-state index in [0.717, 1.165) is 0 Å². The van der Waals surface area contributed by atoms with Crippen LogP contribution in [0.3, 0.4) is 0 Å². The summed E-state index contributed by atoms with van der Waals surface area (Å²) < 4.78 is 24.4. The first kappa shape index (κ1) is 53.1. The summed E-state index contributed by atoms with van der Waals surface area (Å²) in [6.45, 7) is 12.3. The predicted octanol–water partition coefficient (Wildman–Crippen LogP) is 3.95. The van der Waals surface area contributed by atoms with Crippen LogP contribution in [-0.2, 0) is 39.6 Å². The molecule has 20 heteroatoms. The molecule has 4 amide bonds. The largest absolute Gasteiger partial charge is 0.379 e. The molecule has 2 fully saturated rings. The first-order chi connectivity index (χ1) is 29.8.